The summed E-state index contributed by atoms with van der Waals surface area (Å²) in [6, 6.07) is 0. The van der Waals surface area contributed by atoms with Crippen LogP contribution in [-0.4, -0.2) is 12.1 Å². The van der Waals surface area contributed by atoms with Crippen LogP contribution < -0.4 is 0 Å². The quantitative estimate of drug-likeness (QED) is 0.323. The molecule has 2 aliphatic rings. The van der Waals surface area contributed by atoms with E-state index in [0.717, 1.165) is 19.3 Å². The summed E-state index contributed by atoms with van der Waals surface area (Å²) in [6.07, 6.45) is 8.73. The zero-order valence-corrected chi connectivity index (χ0v) is 7.66. The highest BCUT2D eigenvalue weighted by atomic mass is 16.6. The largest absolute Gasteiger partial charge is 0.458 e. The van der Waals surface area contributed by atoms with Gasteiger partial charge in [-0.15, -0.1) is 0 Å². The molecular formula is C11H14O2. The van der Waals surface area contributed by atoms with Gasteiger partial charge in [-0.3, -0.25) is 0 Å². The molecule has 2 heteroatoms. The molecule has 1 fully saturated rings. The van der Waals surface area contributed by atoms with E-state index in [1.54, 1.807) is 0 Å². The Kier molecular flexibility index (Phi) is 2.21. The molecule has 1 heterocycles. The Morgan fingerprint density at radius 1 is 1.46 bits per heavy atom. The summed E-state index contributed by atoms with van der Waals surface area (Å²) in [6.45, 7) is 3.77. The van der Waals surface area contributed by atoms with Crippen molar-refractivity contribution in [2.24, 2.45) is 5.92 Å². The summed E-state index contributed by atoms with van der Waals surface area (Å²) < 4.78 is 5.22. The Balaban J connectivity index is 2.20. The van der Waals surface area contributed by atoms with Crippen molar-refractivity contribution >= 4 is 5.97 Å². The summed E-state index contributed by atoms with van der Waals surface area (Å²) in [5, 5.41) is 0. The fourth-order valence-corrected chi connectivity index (χ4v) is 1.98. The van der Waals surface area contributed by atoms with Gasteiger partial charge in [0.2, 0.25) is 0 Å². The van der Waals surface area contributed by atoms with Gasteiger partial charge in [0.15, 0.2) is 0 Å². The zero-order valence-electron chi connectivity index (χ0n) is 7.66. The number of carbonyl (C=O) groups is 1. The van der Waals surface area contributed by atoms with Crippen LogP contribution in [0.25, 0.3) is 0 Å². The Morgan fingerprint density at radius 3 is 3.15 bits per heavy atom. The lowest BCUT2D eigenvalue weighted by Crippen LogP contribution is -2.15. The van der Waals surface area contributed by atoms with E-state index in [-0.39, 0.29) is 18.0 Å². The second-order valence-electron chi connectivity index (χ2n) is 3.71. The average Bonchev–Trinajstić information content (AvgIpc) is 2.31. The van der Waals surface area contributed by atoms with Crippen molar-refractivity contribution < 1.29 is 9.53 Å². The molecule has 2 atom stereocenters. The highest BCUT2D eigenvalue weighted by molar-refractivity contribution is 5.91. The molecule has 0 aromatic heterocycles. The molecule has 1 aliphatic heterocycles. The molecular weight excluding hydrogens is 164 g/mol. The summed E-state index contributed by atoms with van der Waals surface area (Å²) in [4.78, 5) is 11.2. The first-order chi connectivity index (χ1) is 6.29. The van der Waals surface area contributed by atoms with Gasteiger partial charge in [0.25, 0.3) is 0 Å². The maximum Gasteiger partial charge on any atom is 0.334 e. The number of rotatable bonds is 0. The third-order valence-electron chi connectivity index (χ3n) is 2.78. The standard InChI is InChI=1S/C11H14O2/c1-8-9-6-4-2-3-5-7-10(9)13-11(8)12/h4,6,9-10H,1-3,5,7H2. The van der Waals surface area contributed by atoms with Crippen LogP contribution >= 0.6 is 0 Å². The lowest BCUT2D eigenvalue weighted by Gasteiger charge is -2.16. The van der Waals surface area contributed by atoms with Crippen molar-refractivity contribution in [2.75, 3.05) is 0 Å². The first kappa shape index (κ1) is 8.54. The summed E-state index contributed by atoms with van der Waals surface area (Å²) in [5.41, 5.74) is 0.628. The number of esters is 1. The van der Waals surface area contributed by atoms with E-state index in [1.165, 1.54) is 6.42 Å². The van der Waals surface area contributed by atoms with Crippen LogP contribution in [0.4, 0.5) is 0 Å². The average molecular weight is 178 g/mol. The molecule has 1 aliphatic carbocycles. The van der Waals surface area contributed by atoms with Gasteiger partial charge in [-0.2, -0.15) is 0 Å². The zero-order chi connectivity index (χ0) is 9.26. The lowest BCUT2D eigenvalue weighted by molar-refractivity contribution is -0.139. The van der Waals surface area contributed by atoms with E-state index in [2.05, 4.69) is 18.7 Å². The second-order valence-corrected chi connectivity index (χ2v) is 3.71. The summed E-state index contributed by atoms with van der Waals surface area (Å²) >= 11 is 0. The Hall–Kier alpha value is -1.05. The van der Waals surface area contributed by atoms with Crippen LogP contribution in [-0.2, 0) is 9.53 Å². The predicted octanol–water partition coefficient (Wildman–Crippen LogP) is 2.21. The van der Waals surface area contributed by atoms with Crippen LogP contribution in [0.1, 0.15) is 25.7 Å². The molecule has 0 aromatic rings. The van der Waals surface area contributed by atoms with Gasteiger partial charge in [-0.25, -0.2) is 4.79 Å². The molecule has 2 rings (SSSR count). The molecule has 1 saturated heterocycles. The van der Waals surface area contributed by atoms with Gasteiger partial charge < -0.3 is 4.74 Å². The molecule has 0 radical (unpaired) electrons. The van der Waals surface area contributed by atoms with E-state index in [0.29, 0.717) is 5.57 Å². The van der Waals surface area contributed by atoms with Gasteiger partial charge in [-0.05, 0) is 25.7 Å². The minimum Gasteiger partial charge on any atom is -0.458 e. The molecule has 13 heavy (non-hydrogen) atoms. The van der Waals surface area contributed by atoms with Gasteiger partial charge >= 0.3 is 5.97 Å². The van der Waals surface area contributed by atoms with Gasteiger partial charge in [0.1, 0.15) is 6.10 Å². The fraction of sp³-hybridized carbons (Fsp3) is 0.545. The molecule has 70 valence electrons. The van der Waals surface area contributed by atoms with Crippen molar-refractivity contribution in [3.8, 4) is 0 Å². The molecule has 0 bridgehead atoms. The van der Waals surface area contributed by atoms with Crippen LogP contribution in [0.15, 0.2) is 24.3 Å². The van der Waals surface area contributed by atoms with Crippen LogP contribution in [0.2, 0.25) is 0 Å². The van der Waals surface area contributed by atoms with E-state index >= 15 is 0 Å². The highest BCUT2D eigenvalue weighted by Crippen LogP contribution is 2.32. The topological polar surface area (TPSA) is 26.3 Å². The molecule has 0 saturated carbocycles. The van der Waals surface area contributed by atoms with Crippen molar-refractivity contribution in [3.05, 3.63) is 24.3 Å². The van der Waals surface area contributed by atoms with Crippen molar-refractivity contribution in [2.45, 2.75) is 31.8 Å². The molecule has 2 unspecified atom stereocenters. The highest BCUT2D eigenvalue weighted by Gasteiger charge is 2.36. The third-order valence-corrected chi connectivity index (χ3v) is 2.78. The fourth-order valence-electron chi connectivity index (χ4n) is 1.98. The molecule has 0 N–H and O–H groups in total. The number of carbonyl (C=O) groups excluding carboxylic acids is 1. The number of ether oxygens (including phenoxy) is 1. The Bertz CT molecular complexity index is 265. The van der Waals surface area contributed by atoms with E-state index in [9.17, 15) is 4.79 Å². The van der Waals surface area contributed by atoms with Crippen LogP contribution in [0.3, 0.4) is 0 Å². The van der Waals surface area contributed by atoms with Crippen molar-refractivity contribution in [1.82, 2.24) is 0 Å². The van der Waals surface area contributed by atoms with E-state index in [4.69, 9.17) is 4.74 Å². The van der Waals surface area contributed by atoms with Crippen LogP contribution in [0, 0.1) is 5.92 Å². The Labute approximate surface area is 78.3 Å². The molecule has 0 aromatic carbocycles. The van der Waals surface area contributed by atoms with E-state index in [1.807, 2.05) is 0 Å². The number of fused-ring (bicyclic) bond motifs is 1. The Morgan fingerprint density at radius 2 is 2.31 bits per heavy atom. The normalized spacial score (nSPS) is 33.5. The smallest absolute Gasteiger partial charge is 0.334 e. The summed E-state index contributed by atoms with van der Waals surface area (Å²) in [5.74, 6) is -0.0608. The number of allylic oxidation sites excluding steroid dienone is 1. The second kappa shape index (κ2) is 3.36. The van der Waals surface area contributed by atoms with Crippen molar-refractivity contribution in [3.63, 3.8) is 0 Å². The van der Waals surface area contributed by atoms with Crippen LogP contribution in [0.5, 0.6) is 0 Å². The minimum absolute atomic E-state index is 0.0662. The maximum atomic E-state index is 11.2. The van der Waals surface area contributed by atoms with Gasteiger partial charge in [0, 0.05) is 11.5 Å². The lowest BCUT2D eigenvalue weighted by atomic mass is 9.91. The first-order valence-electron chi connectivity index (χ1n) is 4.85. The maximum absolute atomic E-state index is 11.2. The van der Waals surface area contributed by atoms with Gasteiger partial charge in [-0.1, -0.05) is 18.7 Å². The molecule has 2 nitrogen and oxygen atoms in total. The molecule has 0 spiro atoms. The van der Waals surface area contributed by atoms with Crippen molar-refractivity contribution in [1.29, 1.82) is 0 Å². The molecule has 0 amide bonds. The monoisotopic (exact) mass is 178 g/mol. The van der Waals surface area contributed by atoms with Gasteiger partial charge in [0.05, 0.1) is 0 Å². The minimum atomic E-state index is -0.207. The van der Waals surface area contributed by atoms with E-state index < -0.39 is 0 Å². The predicted molar refractivity (Wildman–Crippen MR) is 50.1 cm³/mol. The summed E-state index contributed by atoms with van der Waals surface area (Å²) in [7, 11) is 0. The number of hydrogen-bond acceptors (Lipinski definition) is 2. The SMILES string of the molecule is C=C1C(=O)OC2CCCCC=CC12. The number of hydrogen-bond donors (Lipinski definition) is 0. The first-order valence-corrected chi connectivity index (χ1v) is 4.85. The third kappa shape index (κ3) is 1.53.